The van der Waals surface area contributed by atoms with E-state index < -0.39 is 11.9 Å². The van der Waals surface area contributed by atoms with Gasteiger partial charge in [-0.1, -0.05) is 109 Å². The Hall–Kier alpha value is -2.95. The number of hydrogen-bond donors (Lipinski definition) is 0. The SMILES string of the molecule is CCCCCCCCCCCCCCCCOC(=O)c1ccc2c(c1)C(=O)N(c1ccccc1)C2=O. The number of para-hydroxylation sites is 1. The summed E-state index contributed by atoms with van der Waals surface area (Å²) in [4.78, 5) is 39.2. The topological polar surface area (TPSA) is 63.7 Å². The summed E-state index contributed by atoms with van der Waals surface area (Å²) in [6, 6.07) is 13.4. The van der Waals surface area contributed by atoms with Crippen molar-refractivity contribution >= 4 is 23.5 Å². The van der Waals surface area contributed by atoms with Crippen LogP contribution in [0.5, 0.6) is 0 Å². The molecule has 0 bridgehead atoms. The highest BCUT2D eigenvalue weighted by atomic mass is 16.5. The van der Waals surface area contributed by atoms with Crippen LogP contribution in [0.4, 0.5) is 5.69 Å². The first-order valence-electron chi connectivity index (χ1n) is 13.9. The van der Waals surface area contributed by atoms with E-state index in [9.17, 15) is 14.4 Å². The highest BCUT2D eigenvalue weighted by Crippen LogP contribution is 2.29. The van der Waals surface area contributed by atoms with Gasteiger partial charge in [0.2, 0.25) is 0 Å². The summed E-state index contributed by atoms with van der Waals surface area (Å²) in [6.45, 7) is 2.63. The number of rotatable bonds is 17. The van der Waals surface area contributed by atoms with Crippen LogP contribution in [0.15, 0.2) is 48.5 Å². The summed E-state index contributed by atoms with van der Waals surface area (Å²) in [5.41, 5.74) is 1.38. The van der Waals surface area contributed by atoms with Crippen LogP contribution in [0.3, 0.4) is 0 Å². The minimum atomic E-state index is -0.453. The Morgan fingerprint density at radius 2 is 1.19 bits per heavy atom. The van der Waals surface area contributed by atoms with Crippen molar-refractivity contribution in [2.24, 2.45) is 0 Å². The highest BCUT2D eigenvalue weighted by molar-refractivity contribution is 6.34. The van der Waals surface area contributed by atoms with Gasteiger partial charge in [0.05, 0.1) is 29.0 Å². The third-order valence-corrected chi connectivity index (χ3v) is 6.87. The van der Waals surface area contributed by atoms with Gasteiger partial charge in [-0.25, -0.2) is 9.69 Å². The van der Waals surface area contributed by atoms with Gasteiger partial charge in [0, 0.05) is 0 Å². The number of anilines is 1. The highest BCUT2D eigenvalue weighted by Gasteiger charge is 2.37. The Balaban J connectivity index is 1.28. The second kappa shape index (κ2) is 15.2. The van der Waals surface area contributed by atoms with Gasteiger partial charge in [-0.15, -0.1) is 0 Å². The Bertz CT molecular complexity index is 985. The van der Waals surface area contributed by atoms with Crippen molar-refractivity contribution in [3.8, 4) is 0 Å². The molecule has 0 N–H and O–H groups in total. The monoisotopic (exact) mass is 491 g/mol. The number of imide groups is 1. The molecule has 0 saturated carbocycles. The lowest BCUT2D eigenvalue weighted by atomic mass is 10.0. The number of carbonyl (C=O) groups is 3. The molecule has 0 unspecified atom stereocenters. The van der Waals surface area contributed by atoms with Crippen molar-refractivity contribution in [3.05, 3.63) is 65.2 Å². The first-order valence-corrected chi connectivity index (χ1v) is 13.9. The number of fused-ring (bicyclic) bond motifs is 1. The molecule has 2 aromatic carbocycles. The van der Waals surface area contributed by atoms with Crippen LogP contribution in [0.25, 0.3) is 0 Å². The summed E-state index contributed by atoms with van der Waals surface area (Å²) in [6.07, 6.45) is 17.9. The zero-order valence-corrected chi connectivity index (χ0v) is 21.8. The molecule has 2 amide bonds. The molecule has 5 heteroatoms. The van der Waals surface area contributed by atoms with Gasteiger partial charge in [0.1, 0.15) is 0 Å². The molecule has 0 atom stereocenters. The standard InChI is InChI=1S/C31H41NO4/c1-2-3-4-5-6-7-8-9-10-11-12-13-14-18-23-36-31(35)25-21-22-27-28(24-25)30(34)32(29(27)33)26-19-16-15-17-20-26/h15-17,19-22,24H,2-14,18,23H2,1H3. The van der Waals surface area contributed by atoms with Gasteiger partial charge in [-0.3, -0.25) is 9.59 Å². The summed E-state index contributed by atoms with van der Waals surface area (Å²) in [7, 11) is 0. The lowest BCUT2D eigenvalue weighted by molar-refractivity contribution is 0.0497. The fraction of sp³-hybridized carbons (Fsp3) is 0.516. The van der Waals surface area contributed by atoms with E-state index in [1.165, 1.54) is 83.1 Å². The van der Waals surface area contributed by atoms with Gasteiger partial charge in [0.25, 0.3) is 11.8 Å². The van der Waals surface area contributed by atoms with Gasteiger partial charge >= 0.3 is 5.97 Å². The third kappa shape index (κ3) is 8.04. The Kier molecular flexibility index (Phi) is 11.7. The summed E-state index contributed by atoms with van der Waals surface area (Å²) in [5.74, 6) is -1.24. The molecule has 0 radical (unpaired) electrons. The van der Waals surface area contributed by atoms with E-state index in [1.807, 2.05) is 6.07 Å². The second-order valence-corrected chi connectivity index (χ2v) is 9.77. The number of hydrogen-bond acceptors (Lipinski definition) is 4. The van der Waals surface area contributed by atoms with Crippen molar-refractivity contribution in [1.82, 2.24) is 0 Å². The zero-order chi connectivity index (χ0) is 25.6. The van der Waals surface area contributed by atoms with Gasteiger partial charge in [-0.05, 0) is 36.8 Å². The van der Waals surface area contributed by atoms with E-state index in [0.717, 1.165) is 17.7 Å². The minimum absolute atomic E-state index is 0.245. The maximum Gasteiger partial charge on any atom is 0.338 e. The number of carbonyl (C=O) groups excluding carboxylic acids is 3. The van der Waals surface area contributed by atoms with Crippen molar-refractivity contribution in [2.45, 2.75) is 96.8 Å². The molecule has 194 valence electrons. The Morgan fingerprint density at radius 3 is 1.78 bits per heavy atom. The van der Waals surface area contributed by atoms with Crippen LogP contribution in [-0.4, -0.2) is 24.4 Å². The van der Waals surface area contributed by atoms with Crippen LogP contribution >= 0.6 is 0 Å². The van der Waals surface area contributed by atoms with Crippen LogP contribution in [0.2, 0.25) is 0 Å². The first kappa shape index (κ1) is 27.6. The molecular formula is C31H41NO4. The van der Waals surface area contributed by atoms with Crippen molar-refractivity contribution in [1.29, 1.82) is 0 Å². The molecule has 1 heterocycles. The van der Waals surface area contributed by atoms with E-state index in [4.69, 9.17) is 4.74 Å². The largest absolute Gasteiger partial charge is 0.462 e. The maximum absolute atomic E-state index is 12.8. The molecule has 1 aliphatic rings. The van der Waals surface area contributed by atoms with E-state index in [0.29, 0.717) is 23.4 Å². The Morgan fingerprint density at radius 1 is 0.667 bits per heavy atom. The molecule has 0 saturated heterocycles. The molecule has 0 aliphatic carbocycles. The molecule has 1 aliphatic heterocycles. The molecule has 0 fully saturated rings. The number of benzene rings is 2. The third-order valence-electron chi connectivity index (χ3n) is 6.87. The van der Waals surface area contributed by atoms with E-state index in [-0.39, 0.29) is 11.5 Å². The normalized spacial score (nSPS) is 12.8. The fourth-order valence-corrected chi connectivity index (χ4v) is 4.72. The number of amides is 2. The smallest absolute Gasteiger partial charge is 0.338 e. The number of unbranched alkanes of at least 4 members (excludes halogenated alkanes) is 13. The second-order valence-electron chi connectivity index (χ2n) is 9.77. The summed E-state index contributed by atoms with van der Waals surface area (Å²) >= 11 is 0. The Labute approximate surface area is 216 Å². The molecule has 3 rings (SSSR count). The summed E-state index contributed by atoms with van der Waals surface area (Å²) < 4.78 is 5.42. The van der Waals surface area contributed by atoms with E-state index in [2.05, 4.69) is 6.92 Å². The predicted octanol–water partition coefficient (Wildman–Crippen LogP) is 8.13. The van der Waals surface area contributed by atoms with E-state index in [1.54, 1.807) is 36.4 Å². The molecule has 0 aromatic heterocycles. The van der Waals surface area contributed by atoms with Crippen LogP contribution in [0.1, 0.15) is 128 Å². The van der Waals surface area contributed by atoms with Gasteiger partial charge < -0.3 is 4.74 Å². The predicted molar refractivity (Wildman–Crippen MR) is 145 cm³/mol. The van der Waals surface area contributed by atoms with Gasteiger partial charge in [0.15, 0.2) is 0 Å². The summed E-state index contributed by atoms with van der Waals surface area (Å²) in [5, 5.41) is 0. The van der Waals surface area contributed by atoms with E-state index >= 15 is 0 Å². The molecular weight excluding hydrogens is 450 g/mol. The fourth-order valence-electron chi connectivity index (χ4n) is 4.72. The maximum atomic E-state index is 12.8. The number of esters is 1. The average Bonchev–Trinajstić information content (AvgIpc) is 3.15. The van der Waals surface area contributed by atoms with Crippen molar-refractivity contribution < 1.29 is 19.1 Å². The van der Waals surface area contributed by atoms with Gasteiger partial charge in [-0.2, -0.15) is 0 Å². The average molecular weight is 492 g/mol. The number of nitrogens with zero attached hydrogens (tertiary/aromatic N) is 1. The molecule has 0 spiro atoms. The van der Waals surface area contributed by atoms with Crippen LogP contribution in [0, 0.1) is 0 Å². The molecule has 5 nitrogen and oxygen atoms in total. The van der Waals surface area contributed by atoms with Crippen molar-refractivity contribution in [3.63, 3.8) is 0 Å². The molecule has 36 heavy (non-hydrogen) atoms. The van der Waals surface area contributed by atoms with Crippen molar-refractivity contribution in [2.75, 3.05) is 11.5 Å². The van der Waals surface area contributed by atoms with Crippen LogP contribution in [-0.2, 0) is 4.74 Å². The minimum Gasteiger partial charge on any atom is -0.462 e. The number of ether oxygens (including phenoxy) is 1. The quantitative estimate of drug-likeness (QED) is 0.127. The molecule has 2 aromatic rings. The van der Waals surface area contributed by atoms with Crippen LogP contribution < -0.4 is 4.90 Å². The lowest BCUT2D eigenvalue weighted by Gasteiger charge is -2.13. The zero-order valence-electron chi connectivity index (χ0n) is 21.8. The first-order chi connectivity index (χ1) is 17.6. The lowest BCUT2D eigenvalue weighted by Crippen LogP contribution is -2.29.